The first kappa shape index (κ1) is 12.7. The maximum Gasteiger partial charge on any atom is 0.263 e. The topological polar surface area (TPSA) is 67.9 Å². The van der Waals surface area contributed by atoms with Gasteiger partial charge in [0.05, 0.1) is 11.6 Å². The van der Waals surface area contributed by atoms with E-state index in [9.17, 15) is 9.59 Å². The number of thioether (sulfide) groups is 1. The van der Waals surface area contributed by atoms with Gasteiger partial charge in [-0.2, -0.15) is 0 Å². The number of ether oxygens (including phenoxy) is 1. The summed E-state index contributed by atoms with van der Waals surface area (Å²) in [6.45, 7) is 0.723. The molecular formula is C10H16N2O4S. The quantitative estimate of drug-likeness (QED) is 0.726. The minimum absolute atomic E-state index is 0.000864. The zero-order valence-corrected chi connectivity index (χ0v) is 10.3. The molecule has 0 aromatic carbocycles. The van der Waals surface area contributed by atoms with Gasteiger partial charge in [0, 0.05) is 13.0 Å². The van der Waals surface area contributed by atoms with Crippen LogP contribution in [0, 0.1) is 0 Å². The number of hydrogen-bond donors (Lipinski definition) is 1. The highest BCUT2D eigenvalue weighted by atomic mass is 32.2. The van der Waals surface area contributed by atoms with Crippen molar-refractivity contribution in [2.45, 2.75) is 25.6 Å². The zero-order valence-electron chi connectivity index (χ0n) is 9.52. The Morgan fingerprint density at radius 1 is 1.59 bits per heavy atom. The van der Waals surface area contributed by atoms with Crippen LogP contribution in [0.5, 0.6) is 0 Å². The van der Waals surface area contributed by atoms with Gasteiger partial charge in [-0.3, -0.25) is 9.59 Å². The Kier molecular flexibility index (Phi) is 4.64. The number of carbonyl (C=O) groups is 2. The monoisotopic (exact) mass is 260 g/mol. The Labute approximate surface area is 104 Å². The summed E-state index contributed by atoms with van der Waals surface area (Å²) in [4.78, 5) is 29.4. The first-order chi connectivity index (χ1) is 8.25. The molecule has 2 aliphatic rings. The SMILES string of the molecule is O=C(CN1CSCC1=O)NOC1CCCCO1. The molecule has 1 N–H and O–H groups in total. The molecule has 96 valence electrons. The molecule has 2 rings (SSSR count). The van der Waals surface area contributed by atoms with Crippen molar-refractivity contribution in [1.29, 1.82) is 0 Å². The van der Waals surface area contributed by atoms with Gasteiger partial charge in [-0.25, -0.2) is 10.3 Å². The maximum atomic E-state index is 11.5. The van der Waals surface area contributed by atoms with Crippen LogP contribution in [0.4, 0.5) is 0 Å². The molecule has 0 aromatic rings. The molecule has 2 heterocycles. The summed E-state index contributed by atoms with van der Waals surface area (Å²) in [6.07, 6.45) is 2.52. The molecule has 2 saturated heterocycles. The van der Waals surface area contributed by atoms with Crippen LogP contribution in [0.25, 0.3) is 0 Å². The Morgan fingerprint density at radius 3 is 3.12 bits per heavy atom. The number of rotatable bonds is 4. The average molecular weight is 260 g/mol. The highest BCUT2D eigenvalue weighted by molar-refractivity contribution is 8.00. The van der Waals surface area contributed by atoms with Crippen LogP contribution in [0.15, 0.2) is 0 Å². The summed E-state index contributed by atoms with van der Waals surface area (Å²) >= 11 is 1.51. The fourth-order valence-electron chi connectivity index (χ4n) is 1.68. The van der Waals surface area contributed by atoms with Crippen LogP contribution < -0.4 is 5.48 Å². The van der Waals surface area contributed by atoms with Crippen LogP contribution in [-0.2, 0) is 19.2 Å². The lowest BCUT2D eigenvalue weighted by molar-refractivity contribution is -0.200. The predicted molar refractivity (Wildman–Crippen MR) is 61.9 cm³/mol. The molecule has 2 amide bonds. The number of carbonyl (C=O) groups excluding carboxylic acids is 2. The average Bonchev–Trinajstić information content (AvgIpc) is 2.74. The summed E-state index contributed by atoms with van der Waals surface area (Å²) in [7, 11) is 0. The minimum atomic E-state index is -0.351. The molecule has 0 bridgehead atoms. The lowest BCUT2D eigenvalue weighted by atomic mass is 10.2. The maximum absolute atomic E-state index is 11.5. The number of hydroxylamine groups is 1. The lowest BCUT2D eigenvalue weighted by Gasteiger charge is -2.22. The van der Waals surface area contributed by atoms with E-state index in [4.69, 9.17) is 9.57 Å². The zero-order chi connectivity index (χ0) is 12.1. The Bertz CT molecular complexity index is 294. The molecule has 0 radical (unpaired) electrons. The fraction of sp³-hybridized carbons (Fsp3) is 0.800. The first-order valence-electron chi connectivity index (χ1n) is 5.67. The minimum Gasteiger partial charge on any atom is -0.350 e. The van der Waals surface area contributed by atoms with Crippen molar-refractivity contribution in [1.82, 2.24) is 10.4 Å². The molecule has 0 aliphatic carbocycles. The van der Waals surface area contributed by atoms with Gasteiger partial charge >= 0.3 is 0 Å². The largest absolute Gasteiger partial charge is 0.350 e. The van der Waals surface area contributed by atoms with Crippen LogP contribution in [-0.4, -0.2) is 47.8 Å². The van der Waals surface area contributed by atoms with Crippen molar-refractivity contribution < 1.29 is 19.2 Å². The molecule has 1 unspecified atom stereocenters. The van der Waals surface area contributed by atoms with Gasteiger partial charge in [0.2, 0.25) is 5.91 Å². The summed E-state index contributed by atoms with van der Waals surface area (Å²) in [5.41, 5.74) is 2.33. The third-order valence-electron chi connectivity index (χ3n) is 2.60. The van der Waals surface area contributed by atoms with Crippen LogP contribution in [0.2, 0.25) is 0 Å². The smallest absolute Gasteiger partial charge is 0.263 e. The second-order valence-electron chi connectivity index (χ2n) is 4.01. The van der Waals surface area contributed by atoms with Crippen LogP contribution in [0.3, 0.4) is 0 Å². The van der Waals surface area contributed by atoms with E-state index < -0.39 is 0 Å². The van der Waals surface area contributed by atoms with E-state index in [1.54, 1.807) is 0 Å². The van der Waals surface area contributed by atoms with Crippen molar-refractivity contribution in [2.24, 2.45) is 0 Å². The molecule has 6 nitrogen and oxygen atoms in total. The van der Waals surface area contributed by atoms with E-state index in [0.717, 1.165) is 19.3 Å². The highest BCUT2D eigenvalue weighted by Gasteiger charge is 2.23. The predicted octanol–water partition coefficient (Wildman–Crippen LogP) is 0.0937. The van der Waals surface area contributed by atoms with Crippen molar-refractivity contribution in [3.05, 3.63) is 0 Å². The van der Waals surface area contributed by atoms with Crippen molar-refractivity contribution in [3.63, 3.8) is 0 Å². The third kappa shape index (κ3) is 3.86. The standard InChI is InChI=1S/C10H16N2O4S/c13-8(5-12-7-17-6-9(12)14)11-16-10-3-1-2-4-15-10/h10H,1-7H2,(H,11,13). The fourth-order valence-corrected chi connectivity index (χ4v) is 2.59. The molecule has 2 fully saturated rings. The molecule has 0 saturated carbocycles. The van der Waals surface area contributed by atoms with E-state index in [1.165, 1.54) is 16.7 Å². The van der Waals surface area contributed by atoms with E-state index in [0.29, 0.717) is 18.2 Å². The lowest BCUT2D eigenvalue weighted by Crippen LogP contribution is -2.40. The van der Waals surface area contributed by atoms with E-state index in [-0.39, 0.29) is 24.6 Å². The second kappa shape index (κ2) is 6.23. The van der Waals surface area contributed by atoms with Gasteiger partial charge in [0.15, 0.2) is 6.29 Å². The first-order valence-corrected chi connectivity index (χ1v) is 6.83. The third-order valence-corrected chi connectivity index (χ3v) is 3.55. The van der Waals surface area contributed by atoms with Crippen LogP contribution in [0.1, 0.15) is 19.3 Å². The van der Waals surface area contributed by atoms with Gasteiger partial charge < -0.3 is 9.64 Å². The van der Waals surface area contributed by atoms with Crippen LogP contribution >= 0.6 is 11.8 Å². The molecule has 0 aromatic heterocycles. The Hall–Kier alpha value is -0.790. The van der Waals surface area contributed by atoms with Gasteiger partial charge in [-0.05, 0) is 12.8 Å². The Morgan fingerprint density at radius 2 is 2.47 bits per heavy atom. The summed E-state index contributed by atoms with van der Waals surface area (Å²) in [5.74, 6) is 0.723. The van der Waals surface area contributed by atoms with E-state index >= 15 is 0 Å². The van der Waals surface area contributed by atoms with Gasteiger partial charge in [0.1, 0.15) is 6.54 Å². The molecular weight excluding hydrogens is 244 g/mol. The molecule has 17 heavy (non-hydrogen) atoms. The van der Waals surface area contributed by atoms with Crippen molar-refractivity contribution >= 4 is 23.6 Å². The normalized spacial score (nSPS) is 25.1. The summed E-state index contributed by atoms with van der Waals surface area (Å²) < 4.78 is 5.30. The van der Waals surface area contributed by atoms with Gasteiger partial charge in [0.25, 0.3) is 5.91 Å². The van der Waals surface area contributed by atoms with Crippen molar-refractivity contribution in [2.75, 3.05) is 24.8 Å². The molecule has 0 spiro atoms. The van der Waals surface area contributed by atoms with Gasteiger partial charge in [-0.1, -0.05) is 0 Å². The van der Waals surface area contributed by atoms with Crippen molar-refractivity contribution in [3.8, 4) is 0 Å². The summed E-state index contributed by atoms with van der Waals surface area (Å²) in [5, 5.41) is 0. The highest BCUT2D eigenvalue weighted by Crippen LogP contribution is 2.14. The molecule has 1 atom stereocenters. The number of nitrogens with one attached hydrogen (secondary N) is 1. The molecule has 2 aliphatic heterocycles. The summed E-state index contributed by atoms with van der Waals surface area (Å²) in [6, 6.07) is 0. The number of amides is 2. The van der Waals surface area contributed by atoms with Gasteiger partial charge in [-0.15, -0.1) is 11.8 Å². The number of nitrogens with zero attached hydrogens (tertiary/aromatic N) is 1. The molecule has 7 heteroatoms. The van der Waals surface area contributed by atoms with E-state index in [2.05, 4.69) is 5.48 Å². The van der Waals surface area contributed by atoms with E-state index in [1.807, 2.05) is 0 Å². The second-order valence-corrected chi connectivity index (χ2v) is 4.96. The number of hydrogen-bond acceptors (Lipinski definition) is 5. The Balaban J connectivity index is 1.64.